The lowest BCUT2D eigenvalue weighted by Crippen LogP contribution is -2.15. The van der Waals surface area contributed by atoms with Gasteiger partial charge in [-0.15, -0.1) is 0 Å². The number of primary sulfonamides is 1. The zero-order valence-electron chi connectivity index (χ0n) is 5.67. The van der Waals surface area contributed by atoms with E-state index < -0.39 is 28.7 Å². The van der Waals surface area contributed by atoms with Gasteiger partial charge in [0.25, 0.3) is 0 Å². The van der Waals surface area contributed by atoms with Crippen LogP contribution in [0.2, 0.25) is 0 Å². The molecule has 0 amide bonds. The maximum atomic E-state index is 10.8. The molecule has 1 unspecified atom stereocenters. The Hall–Kier alpha value is -0.440. The van der Waals surface area contributed by atoms with Crippen LogP contribution >= 0.6 is 0 Å². The van der Waals surface area contributed by atoms with Crippen LogP contribution < -0.4 is 5.14 Å². The minimum Gasteiger partial charge on any atom is -0.224 e. The third-order valence-electron chi connectivity index (χ3n) is 1.06. The Morgan fingerprint density at radius 2 is 2.00 bits per heavy atom. The van der Waals surface area contributed by atoms with Crippen LogP contribution in [-0.2, 0) is 28.7 Å². The second-order valence-electron chi connectivity index (χ2n) is 1.86. The van der Waals surface area contributed by atoms with Crippen molar-refractivity contribution in [3.05, 3.63) is 21.8 Å². The fourth-order valence-electron chi connectivity index (χ4n) is 0.645. The molecule has 1 rings (SSSR count). The highest BCUT2D eigenvalue weighted by molar-refractivity contribution is 8.41. The fraction of sp³-hybridized carbons (Fsp3) is 0. The Morgan fingerprint density at radius 3 is 2.33 bits per heavy atom. The summed E-state index contributed by atoms with van der Waals surface area (Å²) in [7, 11) is -7.73. The average molecular weight is 227 g/mol. The van der Waals surface area contributed by atoms with Crippen LogP contribution in [0.3, 0.4) is 0 Å². The first-order valence-electron chi connectivity index (χ1n) is 2.67. The van der Waals surface area contributed by atoms with E-state index in [4.69, 9.17) is 5.14 Å². The molecule has 8 heteroatoms. The van der Waals surface area contributed by atoms with E-state index in [9.17, 15) is 16.8 Å². The van der Waals surface area contributed by atoms with E-state index in [2.05, 4.69) is 0 Å². The predicted molar refractivity (Wildman–Crippen MR) is 46.6 cm³/mol. The lowest BCUT2D eigenvalue weighted by Gasteiger charge is -1.96. The van der Waals surface area contributed by atoms with Gasteiger partial charge in [-0.2, -0.15) is 8.42 Å². The zero-order chi connectivity index (χ0) is 9.35. The summed E-state index contributed by atoms with van der Waals surface area (Å²) < 4.78 is 42.2. The Labute approximate surface area is 72.8 Å². The molecule has 2 N–H and O–H groups in total. The summed E-state index contributed by atoms with van der Waals surface area (Å²) in [5.41, 5.74) is 0. The van der Waals surface area contributed by atoms with Crippen LogP contribution in [0.1, 0.15) is 0 Å². The van der Waals surface area contributed by atoms with Gasteiger partial charge in [0.2, 0.25) is 19.3 Å². The second kappa shape index (κ2) is 3.13. The van der Waals surface area contributed by atoms with Crippen LogP contribution in [-0.4, -0.2) is 16.8 Å². The van der Waals surface area contributed by atoms with E-state index in [0.29, 0.717) is 0 Å². The van der Waals surface area contributed by atoms with Crippen molar-refractivity contribution in [3.63, 3.8) is 0 Å². The van der Waals surface area contributed by atoms with Gasteiger partial charge in [0.05, 0.1) is 0 Å². The van der Waals surface area contributed by atoms with Crippen LogP contribution in [0.4, 0.5) is 0 Å². The number of hydrogen-bond donors (Lipinski definition) is 1. The molecular formula is C4H5NO4S3. The Morgan fingerprint density at radius 1 is 1.42 bits per heavy atom. The van der Waals surface area contributed by atoms with Crippen molar-refractivity contribution in [1.82, 2.24) is 0 Å². The molecule has 68 valence electrons. The maximum absolute atomic E-state index is 10.8. The highest BCUT2D eigenvalue weighted by Crippen LogP contribution is 2.16. The number of allylic oxidation sites excluding steroid dienone is 2. The second-order valence-corrected chi connectivity index (χ2v) is 7.26. The number of hydrogen-bond acceptors (Lipinski definition) is 4. The van der Waals surface area contributed by atoms with Crippen LogP contribution in [0.15, 0.2) is 21.8 Å². The summed E-state index contributed by atoms with van der Waals surface area (Å²) in [6, 6.07) is 0. The van der Waals surface area contributed by atoms with Crippen molar-refractivity contribution in [2.45, 2.75) is 0 Å². The molecule has 12 heavy (non-hydrogen) atoms. The van der Waals surface area contributed by atoms with Crippen LogP contribution in [0.25, 0.3) is 0 Å². The Kier molecular flexibility index (Phi) is 2.52. The molecular weight excluding hydrogens is 222 g/mol. The van der Waals surface area contributed by atoms with Crippen molar-refractivity contribution in [2.75, 3.05) is 0 Å². The molecule has 0 saturated heterocycles. The normalized spacial score (nSPS) is 22.4. The van der Waals surface area contributed by atoms with E-state index in [0.717, 1.165) is 0 Å². The summed E-state index contributed by atoms with van der Waals surface area (Å²) >= 11 is 0. The summed E-state index contributed by atoms with van der Waals surface area (Å²) in [6.07, 6.45) is 2.55. The smallest absolute Gasteiger partial charge is 0.224 e. The molecule has 0 spiro atoms. The molecule has 0 saturated carbocycles. The highest BCUT2D eigenvalue weighted by atomic mass is 32.9. The lowest BCUT2D eigenvalue weighted by atomic mass is 10.6. The molecule has 1 heterocycles. The van der Waals surface area contributed by atoms with Crippen molar-refractivity contribution in [2.24, 2.45) is 5.14 Å². The number of rotatable bonds is 1. The van der Waals surface area contributed by atoms with Gasteiger partial charge in [-0.25, -0.2) is 13.6 Å². The van der Waals surface area contributed by atoms with Crippen LogP contribution in [0.5, 0.6) is 0 Å². The molecule has 0 radical (unpaired) electrons. The minimum absolute atomic E-state index is 0.254. The van der Waals surface area contributed by atoms with Crippen molar-refractivity contribution < 1.29 is 16.8 Å². The topological polar surface area (TPSA) is 94.3 Å². The molecule has 5 nitrogen and oxygen atoms in total. The molecule has 0 bridgehead atoms. The van der Waals surface area contributed by atoms with Gasteiger partial charge in [-0.1, -0.05) is 6.08 Å². The van der Waals surface area contributed by atoms with E-state index in [1.54, 1.807) is 0 Å². The molecule has 0 aliphatic carbocycles. The van der Waals surface area contributed by atoms with Crippen molar-refractivity contribution in [3.8, 4) is 0 Å². The van der Waals surface area contributed by atoms with Gasteiger partial charge in [-0.3, -0.25) is 0 Å². The van der Waals surface area contributed by atoms with Gasteiger partial charge < -0.3 is 0 Å². The van der Waals surface area contributed by atoms with Gasteiger partial charge in [0, 0.05) is 9.45 Å². The van der Waals surface area contributed by atoms with Crippen molar-refractivity contribution >= 4 is 28.7 Å². The van der Waals surface area contributed by atoms with Crippen LogP contribution in [0, 0.1) is 0 Å². The van der Waals surface area contributed by atoms with E-state index in [1.807, 2.05) is 0 Å². The molecule has 1 aliphatic rings. The maximum Gasteiger partial charge on any atom is 0.249 e. The largest absolute Gasteiger partial charge is 0.249 e. The van der Waals surface area contributed by atoms with Gasteiger partial charge in [0.1, 0.15) is 4.24 Å². The lowest BCUT2D eigenvalue weighted by molar-refractivity contribution is 0.605. The van der Waals surface area contributed by atoms with Gasteiger partial charge in [-0.05, 0) is 11.5 Å². The Balaban J connectivity index is 3.44. The first-order valence-corrected chi connectivity index (χ1v) is 7.09. The van der Waals surface area contributed by atoms with E-state index in [1.165, 1.54) is 17.6 Å². The van der Waals surface area contributed by atoms with E-state index in [-0.39, 0.29) is 4.24 Å². The quantitative estimate of drug-likeness (QED) is 0.625. The molecule has 0 fully saturated rings. The third kappa shape index (κ3) is 1.83. The minimum atomic E-state index is -3.88. The van der Waals surface area contributed by atoms with E-state index >= 15 is 0 Å². The summed E-state index contributed by atoms with van der Waals surface area (Å²) in [5.74, 6) is 0. The SMILES string of the molecule is NS(=O)(=O)C1=CC=CS1=S(=O)=O. The average Bonchev–Trinajstić information content (AvgIpc) is 2.30. The summed E-state index contributed by atoms with van der Waals surface area (Å²) in [5, 5.41) is 6.05. The first-order chi connectivity index (χ1) is 5.43. The third-order valence-corrected chi connectivity index (χ3v) is 6.29. The number of nitrogens with two attached hydrogens (primary N) is 1. The predicted octanol–water partition coefficient (Wildman–Crippen LogP) is -0.944. The summed E-state index contributed by atoms with van der Waals surface area (Å²) in [4.78, 5) is 0. The number of sulfonamides is 1. The standard InChI is InChI=1S/C4H5NO4S3/c5-12(8,9)4-2-1-3-10(4)11(6)7/h1-3H,(H2,5,8,9). The Bertz CT molecular complexity index is 484. The molecule has 1 aliphatic heterocycles. The molecule has 0 aromatic carbocycles. The monoisotopic (exact) mass is 227 g/mol. The van der Waals surface area contributed by atoms with Gasteiger partial charge >= 0.3 is 0 Å². The van der Waals surface area contributed by atoms with Gasteiger partial charge in [0.15, 0.2) is 0 Å². The molecule has 0 aromatic heterocycles. The fourth-order valence-corrected chi connectivity index (χ4v) is 5.18. The van der Waals surface area contributed by atoms with Crippen molar-refractivity contribution in [1.29, 1.82) is 0 Å². The molecule has 0 aromatic rings. The molecule has 1 atom stereocenters. The highest BCUT2D eigenvalue weighted by Gasteiger charge is 2.19. The first kappa shape index (κ1) is 9.65. The zero-order valence-corrected chi connectivity index (χ0v) is 8.12. The summed E-state index contributed by atoms with van der Waals surface area (Å²) in [6.45, 7) is 0.